The number of ether oxygens (including phenoxy) is 1. The van der Waals surface area contributed by atoms with Gasteiger partial charge in [-0.1, -0.05) is 62.4 Å². The first kappa shape index (κ1) is 14.8. The number of benzene rings is 2. The van der Waals surface area contributed by atoms with E-state index in [1.54, 1.807) is 55.5 Å². The summed E-state index contributed by atoms with van der Waals surface area (Å²) in [7, 11) is 0. The van der Waals surface area contributed by atoms with Crippen LogP contribution in [0, 0.1) is 5.92 Å². The smallest absolute Gasteiger partial charge is 0.338 e. The number of aliphatic hydroxyl groups is 1. The van der Waals surface area contributed by atoms with E-state index < -0.39 is 24.1 Å². The normalized spacial score (nSPS) is 17.0. The van der Waals surface area contributed by atoms with E-state index in [2.05, 4.69) is 0 Å². The largest absolute Gasteiger partial charge is 0.454 e. The summed E-state index contributed by atoms with van der Waals surface area (Å²) in [5.74, 6) is -1.14. The lowest BCUT2D eigenvalue weighted by molar-refractivity contribution is -0.0154. The molecule has 0 radical (unpaired) electrons. The first-order valence-corrected chi connectivity index (χ1v) is 7.51. The monoisotopic (exact) mass is 299 g/mol. The number of carbonyl (C=O) groups is 1. The summed E-state index contributed by atoms with van der Waals surface area (Å²) in [5.41, 5.74) is 0.933. The van der Waals surface area contributed by atoms with Gasteiger partial charge in [0.25, 0.3) is 0 Å². The first-order chi connectivity index (χ1) is 11.0. The topological polar surface area (TPSA) is 46.5 Å². The van der Waals surface area contributed by atoms with Crippen molar-refractivity contribution < 1.29 is 16.0 Å². The van der Waals surface area contributed by atoms with Crippen LogP contribution in [-0.2, 0) is 4.74 Å². The van der Waals surface area contributed by atoms with Crippen molar-refractivity contribution in [1.29, 1.82) is 0 Å². The molecule has 3 nitrogen and oxygen atoms in total. The summed E-state index contributed by atoms with van der Waals surface area (Å²) in [5, 5.41) is 10.2. The highest BCUT2D eigenvalue weighted by molar-refractivity contribution is 5.89. The predicted octanol–water partition coefficient (Wildman–Crippen LogP) is 3.99. The van der Waals surface area contributed by atoms with Crippen LogP contribution in [0.25, 0.3) is 0 Å². The summed E-state index contributed by atoms with van der Waals surface area (Å²) in [6.07, 6.45) is -1.91. The zero-order valence-corrected chi connectivity index (χ0v) is 12.9. The molecule has 2 aromatic rings. The molecule has 0 spiro atoms. The number of hydrogen-bond donors (Lipinski definition) is 1. The van der Waals surface area contributed by atoms with E-state index in [9.17, 15) is 9.90 Å². The van der Waals surface area contributed by atoms with Gasteiger partial charge in [-0.05, 0) is 24.1 Å². The Kier molecular flexibility index (Phi) is 5.22. The van der Waals surface area contributed by atoms with E-state index in [1.807, 2.05) is 19.1 Å². The average molecular weight is 299 g/mol. The molecule has 0 bridgehead atoms. The Morgan fingerprint density at radius 2 is 1.68 bits per heavy atom. The van der Waals surface area contributed by atoms with Crippen molar-refractivity contribution in [3.05, 3.63) is 71.8 Å². The molecule has 116 valence electrons. The zero-order chi connectivity index (χ0) is 16.9. The Balaban J connectivity index is 2.36. The number of rotatable bonds is 6. The third kappa shape index (κ3) is 3.95. The summed E-state index contributed by atoms with van der Waals surface area (Å²) >= 11 is 0. The van der Waals surface area contributed by atoms with Crippen LogP contribution in [0.4, 0.5) is 0 Å². The second-order valence-electron chi connectivity index (χ2n) is 5.25. The molecule has 0 fully saturated rings. The van der Waals surface area contributed by atoms with E-state index in [-0.39, 0.29) is 0 Å². The molecule has 0 aliphatic rings. The Morgan fingerprint density at radius 1 is 1.14 bits per heavy atom. The fraction of sp³-hybridized carbons (Fsp3) is 0.316. The standard InChI is InChI=1S/C19H22O3/c1-3-17(20)14(2)18(15-10-6-4-7-11-15)22-19(21)16-12-8-5-9-13-16/h4-14,17-18,20H,3H2,1-2H3/t14-,17+,18-/m0/s1/i18D. The Bertz CT molecular complexity index is 630. The Hall–Kier alpha value is -2.13. The van der Waals surface area contributed by atoms with Crippen molar-refractivity contribution in [1.82, 2.24) is 0 Å². The second-order valence-corrected chi connectivity index (χ2v) is 5.25. The van der Waals surface area contributed by atoms with Crippen molar-refractivity contribution in [2.45, 2.75) is 32.5 Å². The molecule has 22 heavy (non-hydrogen) atoms. The van der Waals surface area contributed by atoms with E-state index in [0.717, 1.165) is 0 Å². The molecule has 3 heteroatoms. The summed E-state index contributed by atoms with van der Waals surface area (Å²) < 4.78 is 14.3. The van der Waals surface area contributed by atoms with Crippen LogP contribution < -0.4 is 0 Å². The molecule has 0 saturated heterocycles. The molecular weight excluding hydrogens is 276 g/mol. The predicted molar refractivity (Wildman–Crippen MR) is 86.5 cm³/mol. The first-order valence-electron chi connectivity index (χ1n) is 8.01. The molecule has 0 aliphatic carbocycles. The minimum Gasteiger partial charge on any atom is -0.454 e. The Morgan fingerprint density at radius 3 is 2.23 bits per heavy atom. The zero-order valence-electron chi connectivity index (χ0n) is 13.9. The molecule has 1 N–H and O–H groups in total. The highest BCUT2D eigenvalue weighted by Gasteiger charge is 2.28. The lowest BCUT2D eigenvalue weighted by Crippen LogP contribution is -2.27. The molecule has 0 unspecified atom stereocenters. The number of hydrogen-bond acceptors (Lipinski definition) is 3. The van der Waals surface area contributed by atoms with Gasteiger partial charge in [-0.2, -0.15) is 0 Å². The van der Waals surface area contributed by atoms with Crippen molar-refractivity contribution in [3.63, 3.8) is 0 Å². The maximum Gasteiger partial charge on any atom is 0.338 e. The van der Waals surface area contributed by atoms with Gasteiger partial charge in [-0.3, -0.25) is 0 Å². The molecule has 0 aliphatic heterocycles. The Labute approximate surface area is 133 Å². The van der Waals surface area contributed by atoms with Crippen molar-refractivity contribution in [2.24, 2.45) is 5.92 Å². The molecule has 3 atom stereocenters. The van der Waals surface area contributed by atoms with Gasteiger partial charge in [0.05, 0.1) is 13.0 Å². The van der Waals surface area contributed by atoms with E-state index in [0.29, 0.717) is 17.5 Å². The lowest BCUT2D eigenvalue weighted by atomic mass is 9.91. The molecule has 0 saturated carbocycles. The number of aliphatic hydroxyl groups excluding tert-OH is 1. The molecular formula is C19H22O3. The third-order valence-electron chi connectivity index (χ3n) is 3.68. The molecule has 2 rings (SSSR count). The van der Waals surface area contributed by atoms with Gasteiger partial charge >= 0.3 is 5.97 Å². The summed E-state index contributed by atoms with van der Waals surface area (Å²) in [6.45, 7) is 3.57. The van der Waals surface area contributed by atoms with Gasteiger partial charge in [0.1, 0.15) is 6.08 Å². The summed E-state index contributed by atoms with van der Waals surface area (Å²) in [6, 6.07) is 17.5. The van der Waals surface area contributed by atoms with E-state index in [4.69, 9.17) is 6.11 Å². The maximum absolute atomic E-state index is 12.4. The molecule has 0 aromatic heterocycles. The fourth-order valence-electron chi connectivity index (χ4n) is 2.28. The highest BCUT2D eigenvalue weighted by atomic mass is 16.5. The van der Waals surface area contributed by atoms with Crippen LogP contribution in [0.3, 0.4) is 0 Å². The van der Waals surface area contributed by atoms with Crippen LogP contribution in [0.1, 0.15) is 43.6 Å². The van der Waals surface area contributed by atoms with Gasteiger partial charge in [0.15, 0.2) is 0 Å². The van der Waals surface area contributed by atoms with Crippen molar-refractivity contribution >= 4 is 5.97 Å². The average Bonchev–Trinajstić information content (AvgIpc) is 2.61. The quantitative estimate of drug-likeness (QED) is 0.820. The fourth-order valence-corrected chi connectivity index (χ4v) is 2.28. The SMILES string of the molecule is [2H][C@@](OC(=O)c1ccccc1)(c1ccccc1)[C@@H](C)[C@H](O)CC. The molecule has 0 heterocycles. The summed E-state index contributed by atoms with van der Waals surface area (Å²) in [4.78, 5) is 12.4. The van der Waals surface area contributed by atoms with Gasteiger partial charge in [-0.25, -0.2) is 4.79 Å². The number of esters is 1. The van der Waals surface area contributed by atoms with Crippen LogP contribution >= 0.6 is 0 Å². The van der Waals surface area contributed by atoms with Crippen LogP contribution in [0.15, 0.2) is 60.7 Å². The molecule has 2 aromatic carbocycles. The minimum absolute atomic E-state index is 0.387. The van der Waals surface area contributed by atoms with Crippen LogP contribution in [0.2, 0.25) is 0 Å². The minimum atomic E-state index is -1.65. The van der Waals surface area contributed by atoms with Gasteiger partial charge in [0.2, 0.25) is 0 Å². The highest BCUT2D eigenvalue weighted by Crippen LogP contribution is 2.30. The van der Waals surface area contributed by atoms with E-state index >= 15 is 0 Å². The van der Waals surface area contributed by atoms with Gasteiger partial charge < -0.3 is 9.84 Å². The lowest BCUT2D eigenvalue weighted by Gasteiger charge is -2.27. The second kappa shape index (κ2) is 7.76. The number of carbonyl (C=O) groups excluding carboxylic acids is 1. The third-order valence-corrected chi connectivity index (χ3v) is 3.68. The van der Waals surface area contributed by atoms with Gasteiger partial charge in [0, 0.05) is 5.92 Å². The van der Waals surface area contributed by atoms with Crippen molar-refractivity contribution in [2.75, 3.05) is 0 Å². The van der Waals surface area contributed by atoms with Crippen LogP contribution in [0.5, 0.6) is 0 Å². The molecule has 0 amide bonds. The maximum atomic E-state index is 12.4. The van der Waals surface area contributed by atoms with Gasteiger partial charge in [-0.15, -0.1) is 0 Å². The van der Waals surface area contributed by atoms with Crippen molar-refractivity contribution in [3.8, 4) is 0 Å². The van der Waals surface area contributed by atoms with E-state index in [1.165, 1.54) is 0 Å². The van der Waals surface area contributed by atoms with Crippen LogP contribution in [-0.4, -0.2) is 17.2 Å².